The van der Waals surface area contributed by atoms with Crippen molar-refractivity contribution in [2.45, 2.75) is 13.7 Å². The van der Waals surface area contributed by atoms with Crippen LogP contribution in [-0.4, -0.2) is 15.0 Å². The van der Waals surface area contributed by atoms with Gasteiger partial charge in [-0.3, -0.25) is 0 Å². The van der Waals surface area contributed by atoms with Crippen molar-refractivity contribution in [1.29, 1.82) is 0 Å². The van der Waals surface area contributed by atoms with Crippen LogP contribution in [0.15, 0.2) is 95.6 Å². The molecule has 0 saturated carbocycles. The van der Waals surface area contributed by atoms with Crippen LogP contribution in [0.2, 0.25) is 0 Å². The maximum atomic E-state index is 8.23. The molecule has 0 aliphatic rings. The predicted octanol–water partition coefficient (Wildman–Crippen LogP) is 7.01. The zero-order valence-electron chi connectivity index (χ0n) is 25.6. The average molecular weight is 628 g/mol. The Morgan fingerprint density at radius 3 is 2.59 bits per heavy atom. The number of nitrogens with zero attached hydrogens (tertiary/aromatic N) is 3. The zero-order valence-corrected chi connectivity index (χ0v) is 20.0. The molecule has 0 aliphatic carbocycles. The van der Waals surface area contributed by atoms with E-state index in [9.17, 15) is 0 Å². The molecule has 0 unspecified atom stereocenters. The van der Waals surface area contributed by atoms with Gasteiger partial charge in [0, 0.05) is 51.8 Å². The average Bonchev–Trinajstić information content (AvgIpc) is 3.33. The van der Waals surface area contributed by atoms with Crippen molar-refractivity contribution in [2.24, 2.45) is 0 Å². The zero-order chi connectivity index (χ0) is 29.4. The molecule has 0 spiro atoms. The number of hydrogen-bond donors (Lipinski definition) is 0. The van der Waals surface area contributed by atoms with Crippen LogP contribution < -0.4 is 0 Å². The first-order chi connectivity index (χ1) is 19.4. The normalized spacial score (nSPS) is 14.6. The summed E-state index contributed by atoms with van der Waals surface area (Å²) < 4.78 is 67.0. The Bertz CT molecular complexity index is 1800. The van der Waals surface area contributed by atoms with Crippen molar-refractivity contribution in [1.82, 2.24) is 15.0 Å². The van der Waals surface area contributed by atoms with Crippen LogP contribution in [0.25, 0.3) is 44.6 Å². The maximum Gasteiger partial charge on any atom is 0.216 e. The minimum atomic E-state index is -2.55. The van der Waals surface area contributed by atoms with E-state index >= 15 is 0 Å². The Morgan fingerprint density at radius 1 is 0.853 bits per heavy atom. The van der Waals surface area contributed by atoms with Gasteiger partial charge in [0.1, 0.15) is 0 Å². The molecule has 0 bridgehead atoms. The minimum Gasteiger partial charge on any atom is -0.486 e. The van der Waals surface area contributed by atoms with Gasteiger partial charge in [0.05, 0.1) is 8.32 Å². The fraction of sp³-hybridized carbons (Fsp3) is 0.0690. The largest absolute Gasteiger partial charge is 0.486 e. The quantitative estimate of drug-likeness (QED) is 0.194. The summed E-state index contributed by atoms with van der Waals surface area (Å²) >= 11 is 0. The Kier molecular flexibility index (Phi) is 4.73. The topological polar surface area (TPSA) is 51.8 Å². The van der Waals surface area contributed by atoms with E-state index in [-0.39, 0.29) is 60.0 Å². The molecule has 6 rings (SSSR count). The van der Waals surface area contributed by atoms with E-state index in [1.54, 1.807) is 24.4 Å². The smallest absolute Gasteiger partial charge is 0.216 e. The van der Waals surface area contributed by atoms with Crippen LogP contribution >= 0.6 is 0 Å². The maximum absolute atomic E-state index is 8.23. The second-order valence-corrected chi connectivity index (χ2v) is 7.01. The van der Waals surface area contributed by atoms with Crippen molar-refractivity contribution in [3.63, 3.8) is 0 Å². The summed E-state index contributed by atoms with van der Waals surface area (Å²) in [4.78, 5) is 12.4. The van der Waals surface area contributed by atoms with Gasteiger partial charge in [0.15, 0.2) is 0 Å². The molecule has 169 valence electrons. The van der Waals surface area contributed by atoms with E-state index < -0.39 is 19.7 Å². The molecule has 34 heavy (non-hydrogen) atoms. The summed E-state index contributed by atoms with van der Waals surface area (Å²) in [5.74, 6) is 0. The second kappa shape index (κ2) is 10.5. The molecular weight excluding hydrogens is 599 g/mol. The predicted molar refractivity (Wildman–Crippen MR) is 132 cm³/mol. The molecule has 0 saturated heterocycles. The fourth-order valence-electron chi connectivity index (χ4n) is 3.32. The number of rotatable bonds is 2. The molecule has 0 atom stereocenters. The third-order valence-electron chi connectivity index (χ3n) is 4.82. The van der Waals surface area contributed by atoms with Gasteiger partial charge >= 0.3 is 0 Å². The molecule has 2 aromatic carbocycles. The van der Waals surface area contributed by atoms with E-state index in [1.807, 2.05) is 42.5 Å². The molecule has 4 heterocycles. The molecule has 0 amide bonds. The van der Waals surface area contributed by atoms with Crippen LogP contribution in [0.5, 0.6) is 0 Å². The van der Waals surface area contributed by atoms with Gasteiger partial charge in [-0.2, -0.15) is 0 Å². The Morgan fingerprint density at radius 2 is 1.79 bits per heavy atom. The van der Waals surface area contributed by atoms with Crippen LogP contribution in [-0.2, 0) is 20.1 Å². The fourth-order valence-corrected chi connectivity index (χ4v) is 3.32. The molecule has 1 radical (unpaired) electrons. The molecule has 0 aliphatic heterocycles. The van der Waals surface area contributed by atoms with E-state index in [0.29, 0.717) is 10.8 Å². The first-order valence-electron chi connectivity index (χ1n) is 14.0. The Balaban J connectivity index is 0.000000261. The number of fused-ring (bicyclic) bond motifs is 3. The summed E-state index contributed by atoms with van der Waals surface area (Å²) in [5, 5.41) is 1.20. The number of pyridine rings is 3. The van der Waals surface area contributed by atoms with Gasteiger partial charge in [-0.25, -0.2) is 4.98 Å². The van der Waals surface area contributed by atoms with E-state index in [0.717, 1.165) is 17.5 Å². The van der Waals surface area contributed by atoms with Gasteiger partial charge < -0.3 is 14.4 Å². The van der Waals surface area contributed by atoms with Crippen molar-refractivity contribution in [3.05, 3.63) is 115 Å². The number of hydrogen-bond acceptors (Lipinski definition) is 4. The molecule has 4 aromatic heterocycles. The summed E-state index contributed by atoms with van der Waals surface area (Å²) in [6.07, 6.45) is 2.85. The first-order valence-corrected chi connectivity index (χ1v) is 10.0. The van der Waals surface area contributed by atoms with Crippen LogP contribution in [0.1, 0.15) is 22.2 Å². The standard InChI is InChI=1S/C18H13N2O.C11H8N.Ir/c1-11-6-9-16(19-10-11)15-5-3-4-13-14-8-7-12(2)20-18(14)21-17(13)15;1-2-6-10(7-3-1)11-8-4-5-9-12-11;/h3-4,6-10H,1-2H3;1-6,8-9H;/q2*-1;/i1D3,2D3,6D,9D;;. The minimum absolute atomic E-state index is 0. The van der Waals surface area contributed by atoms with Gasteiger partial charge in [0.2, 0.25) is 5.71 Å². The van der Waals surface area contributed by atoms with Gasteiger partial charge in [0.25, 0.3) is 0 Å². The third-order valence-corrected chi connectivity index (χ3v) is 4.82. The molecule has 6 aromatic rings. The van der Waals surface area contributed by atoms with E-state index in [2.05, 4.69) is 27.1 Å². The van der Waals surface area contributed by atoms with Gasteiger partial charge in [-0.05, 0) is 48.9 Å². The van der Waals surface area contributed by atoms with Crippen molar-refractivity contribution in [2.75, 3.05) is 0 Å². The number of aryl methyl sites for hydroxylation is 2. The van der Waals surface area contributed by atoms with Crippen molar-refractivity contribution >= 4 is 22.1 Å². The van der Waals surface area contributed by atoms with Crippen LogP contribution in [0, 0.1) is 25.8 Å². The summed E-state index contributed by atoms with van der Waals surface area (Å²) in [6.45, 7) is -4.94. The number of furan rings is 1. The van der Waals surface area contributed by atoms with Gasteiger partial charge in [-0.1, -0.05) is 35.2 Å². The molecule has 0 fully saturated rings. The monoisotopic (exact) mass is 628 g/mol. The SMILES string of the molecule is [2H]c1c(C([2H])([2H])[2H])cnc(-c2[c-]ccc3c2oc2nc(C([2H])([2H])[2H])ccc23)c1[2H].[Ir].[c-]1ccccc1-c1ccccn1. The van der Waals surface area contributed by atoms with Crippen LogP contribution in [0.4, 0.5) is 0 Å². The summed E-state index contributed by atoms with van der Waals surface area (Å²) in [7, 11) is 0. The van der Waals surface area contributed by atoms with E-state index in [4.69, 9.17) is 15.4 Å². The first kappa shape index (κ1) is 15.3. The Hall–Kier alpha value is -3.66. The molecular formula is C29H21IrN3O-2. The van der Waals surface area contributed by atoms with Crippen molar-refractivity contribution in [3.8, 4) is 22.5 Å². The molecule has 0 N–H and O–H groups in total. The van der Waals surface area contributed by atoms with Crippen molar-refractivity contribution < 1.29 is 35.5 Å². The summed E-state index contributed by atoms with van der Waals surface area (Å²) in [6, 6.07) is 25.2. The second-order valence-electron chi connectivity index (χ2n) is 7.01. The summed E-state index contributed by atoms with van der Waals surface area (Å²) in [5.41, 5.74) is 2.30. The van der Waals surface area contributed by atoms with E-state index in [1.165, 1.54) is 6.07 Å². The molecule has 5 heteroatoms. The van der Waals surface area contributed by atoms with Crippen LogP contribution in [0.3, 0.4) is 0 Å². The third kappa shape index (κ3) is 4.96. The van der Waals surface area contributed by atoms with Gasteiger partial charge in [-0.15, -0.1) is 54.1 Å². The number of benzene rings is 2. The number of aromatic nitrogens is 3. The Labute approximate surface area is 223 Å². The molecule has 4 nitrogen and oxygen atoms in total.